The lowest BCUT2D eigenvalue weighted by Gasteiger charge is -2.17. The minimum absolute atomic E-state index is 0.151. The molecule has 0 bridgehead atoms. The Morgan fingerprint density at radius 2 is 2.35 bits per heavy atom. The van der Waals surface area contributed by atoms with Gasteiger partial charge < -0.3 is 4.90 Å². The third-order valence-corrected chi connectivity index (χ3v) is 3.81. The highest BCUT2D eigenvalue weighted by molar-refractivity contribution is 5.78. The second kappa shape index (κ2) is 5.11. The summed E-state index contributed by atoms with van der Waals surface area (Å²) in [7, 11) is 0. The van der Waals surface area contributed by atoms with Gasteiger partial charge >= 0.3 is 0 Å². The van der Waals surface area contributed by atoms with Gasteiger partial charge in [-0.1, -0.05) is 0 Å². The lowest BCUT2D eigenvalue weighted by atomic mass is 10.2. The Bertz CT molecular complexity index is 601. The Morgan fingerprint density at radius 1 is 1.50 bits per heavy atom. The van der Waals surface area contributed by atoms with Crippen molar-refractivity contribution in [2.75, 3.05) is 13.1 Å². The molecule has 1 aliphatic heterocycles. The summed E-state index contributed by atoms with van der Waals surface area (Å²) in [6.07, 6.45) is 3.03. The molecule has 0 radical (unpaired) electrons. The zero-order chi connectivity index (χ0) is 14.1. The molecule has 1 unspecified atom stereocenters. The number of rotatable bonds is 3. The highest BCUT2D eigenvalue weighted by Crippen LogP contribution is 2.23. The third-order valence-electron chi connectivity index (χ3n) is 3.81. The van der Waals surface area contributed by atoms with Gasteiger partial charge in [0.2, 0.25) is 5.91 Å². The van der Waals surface area contributed by atoms with Crippen molar-refractivity contribution in [3.05, 3.63) is 35.4 Å². The number of carbonyl (C=O) groups is 1. The molecule has 3 heterocycles. The van der Waals surface area contributed by atoms with E-state index in [4.69, 9.17) is 0 Å². The first-order valence-electron chi connectivity index (χ1n) is 6.92. The van der Waals surface area contributed by atoms with E-state index in [0.717, 1.165) is 36.6 Å². The van der Waals surface area contributed by atoms with E-state index < -0.39 is 0 Å². The summed E-state index contributed by atoms with van der Waals surface area (Å²) in [5.74, 6) is 0.151. The van der Waals surface area contributed by atoms with Crippen molar-refractivity contribution < 1.29 is 4.79 Å². The number of H-pyrrole nitrogens is 1. The summed E-state index contributed by atoms with van der Waals surface area (Å²) < 4.78 is 2.05. The second-order valence-electron chi connectivity index (χ2n) is 5.41. The normalized spacial score (nSPS) is 18.7. The van der Waals surface area contributed by atoms with Gasteiger partial charge in [-0.2, -0.15) is 10.2 Å². The molecule has 20 heavy (non-hydrogen) atoms. The largest absolute Gasteiger partial charge is 0.340 e. The van der Waals surface area contributed by atoms with E-state index in [-0.39, 0.29) is 5.91 Å². The van der Waals surface area contributed by atoms with E-state index in [1.54, 1.807) is 6.20 Å². The van der Waals surface area contributed by atoms with Crippen LogP contribution >= 0.6 is 0 Å². The Balaban J connectivity index is 1.64. The molecule has 106 valence electrons. The molecular formula is C14H19N5O. The number of aromatic amines is 1. The molecular weight excluding hydrogens is 254 g/mol. The van der Waals surface area contributed by atoms with E-state index in [0.29, 0.717) is 12.5 Å². The number of likely N-dealkylation sites (tertiary alicyclic amines) is 1. The van der Waals surface area contributed by atoms with Crippen LogP contribution < -0.4 is 0 Å². The van der Waals surface area contributed by atoms with Gasteiger partial charge in [-0.05, 0) is 32.4 Å². The summed E-state index contributed by atoms with van der Waals surface area (Å²) in [6.45, 7) is 5.61. The quantitative estimate of drug-likeness (QED) is 0.915. The lowest BCUT2D eigenvalue weighted by Crippen LogP contribution is -2.30. The molecule has 1 N–H and O–H groups in total. The van der Waals surface area contributed by atoms with Crippen LogP contribution in [0.5, 0.6) is 0 Å². The molecule has 0 saturated carbocycles. The van der Waals surface area contributed by atoms with Gasteiger partial charge in [-0.15, -0.1) is 0 Å². The number of aromatic nitrogens is 4. The molecule has 6 heteroatoms. The van der Waals surface area contributed by atoms with Gasteiger partial charge in [0.1, 0.15) is 0 Å². The van der Waals surface area contributed by atoms with Gasteiger partial charge in [0.15, 0.2) is 0 Å². The summed E-state index contributed by atoms with van der Waals surface area (Å²) >= 11 is 0. The minimum atomic E-state index is 0.151. The Kier molecular flexibility index (Phi) is 3.30. The van der Waals surface area contributed by atoms with Crippen molar-refractivity contribution >= 4 is 5.91 Å². The van der Waals surface area contributed by atoms with Gasteiger partial charge in [0, 0.05) is 30.7 Å². The molecule has 0 aromatic carbocycles. The monoisotopic (exact) mass is 273 g/mol. The Labute approximate surface area is 117 Å². The molecule has 6 nitrogen and oxygen atoms in total. The van der Waals surface area contributed by atoms with E-state index >= 15 is 0 Å². The lowest BCUT2D eigenvalue weighted by molar-refractivity contribution is -0.129. The van der Waals surface area contributed by atoms with Crippen LogP contribution in [0.15, 0.2) is 18.3 Å². The number of hydrogen-bond donors (Lipinski definition) is 1. The highest BCUT2D eigenvalue weighted by Gasteiger charge is 2.28. The molecule has 2 aromatic rings. The standard InChI is InChI=1S/C14H19N5O/c1-10-7-11(2)19(17-10)13-4-6-18(9-13)14(20)8-12-3-5-15-16-12/h3,5,7,13H,4,6,8-9H2,1-2H3,(H,15,16). The Hall–Kier alpha value is -2.11. The van der Waals surface area contributed by atoms with Crippen molar-refractivity contribution in [1.29, 1.82) is 0 Å². The van der Waals surface area contributed by atoms with Crippen LogP contribution in [0.2, 0.25) is 0 Å². The molecule has 2 aromatic heterocycles. The number of hydrogen-bond acceptors (Lipinski definition) is 3. The first-order valence-corrected chi connectivity index (χ1v) is 6.92. The predicted molar refractivity (Wildman–Crippen MR) is 74.2 cm³/mol. The van der Waals surface area contributed by atoms with Crippen molar-refractivity contribution in [3.63, 3.8) is 0 Å². The van der Waals surface area contributed by atoms with Gasteiger partial charge in [0.25, 0.3) is 0 Å². The third kappa shape index (κ3) is 2.45. The fourth-order valence-electron chi connectivity index (χ4n) is 2.84. The SMILES string of the molecule is Cc1cc(C)n(C2CCN(C(=O)Cc3ccn[nH]3)C2)n1. The summed E-state index contributed by atoms with van der Waals surface area (Å²) in [4.78, 5) is 14.1. The average Bonchev–Trinajstić information content (AvgIpc) is 3.10. The number of amides is 1. The number of aryl methyl sites for hydroxylation is 2. The van der Waals surface area contributed by atoms with Gasteiger partial charge in [-0.25, -0.2) is 0 Å². The molecule has 1 aliphatic rings. The first kappa shape index (κ1) is 12.9. The number of nitrogens with zero attached hydrogens (tertiary/aromatic N) is 4. The first-order chi connectivity index (χ1) is 9.63. The van der Waals surface area contributed by atoms with Crippen LogP contribution in [0, 0.1) is 13.8 Å². The van der Waals surface area contributed by atoms with Gasteiger partial charge in [0.05, 0.1) is 18.2 Å². The van der Waals surface area contributed by atoms with Crippen LogP contribution in [0.3, 0.4) is 0 Å². The van der Waals surface area contributed by atoms with E-state index in [1.807, 2.05) is 17.9 Å². The highest BCUT2D eigenvalue weighted by atomic mass is 16.2. The smallest absolute Gasteiger partial charge is 0.228 e. The van der Waals surface area contributed by atoms with Crippen molar-refractivity contribution in [2.45, 2.75) is 32.7 Å². The van der Waals surface area contributed by atoms with E-state index in [2.05, 4.69) is 33.0 Å². The van der Waals surface area contributed by atoms with Gasteiger partial charge in [-0.3, -0.25) is 14.6 Å². The van der Waals surface area contributed by atoms with Crippen LogP contribution in [-0.2, 0) is 11.2 Å². The average molecular weight is 273 g/mol. The molecule has 1 amide bonds. The van der Waals surface area contributed by atoms with Crippen LogP contribution in [0.25, 0.3) is 0 Å². The fourth-order valence-corrected chi connectivity index (χ4v) is 2.84. The summed E-state index contributed by atoms with van der Waals surface area (Å²) in [6, 6.07) is 4.22. The maximum atomic E-state index is 12.2. The van der Waals surface area contributed by atoms with Crippen molar-refractivity contribution in [1.82, 2.24) is 24.9 Å². The number of nitrogens with one attached hydrogen (secondary N) is 1. The van der Waals surface area contributed by atoms with E-state index in [9.17, 15) is 4.79 Å². The number of carbonyl (C=O) groups excluding carboxylic acids is 1. The topological polar surface area (TPSA) is 66.8 Å². The summed E-state index contributed by atoms with van der Waals surface area (Å²) in [5, 5.41) is 11.2. The second-order valence-corrected chi connectivity index (χ2v) is 5.41. The maximum absolute atomic E-state index is 12.2. The molecule has 1 atom stereocenters. The maximum Gasteiger partial charge on any atom is 0.228 e. The zero-order valence-corrected chi connectivity index (χ0v) is 11.8. The molecule has 0 spiro atoms. The Morgan fingerprint density at radius 3 is 3.00 bits per heavy atom. The van der Waals surface area contributed by atoms with E-state index in [1.165, 1.54) is 0 Å². The molecule has 1 fully saturated rings. The summed E-state index contributed by atoms with van der Waals surface area (Å²) in [5.41, 5.74) is 3.06. The van der Waals surface area contributed by atoms with Crippen LogP contribution in [0.1, 0.15) is 29.5 Å². The molecule has 0 aliphatic carbocycles. The zero-order valence-electron chi connectivity index (χ0n) is 11.8. The molecule has 1 saturated heterocycles. The van der Waals surface area contributed by atoms with Crippen molar-refractivity contribution in [2.24, 2.45) is 0 Å². The van der Waals surface area contributed by atoms with Crippen LogP contribution in [0.4, 0.5) is 0 Å². The minimum Gasteiger partial charge on any atom is -0.340 e. The predicted octanol–water partition coefficient (Wildman–Crippen LogP) is 1.24. The van der Waals surface area contributed by atoms with Crippen LogP contribution in [-0.4, -0.2) is 43.9 Å². The fraction of sp³-hybridized carbons (Fsp3) is 0.500. The van der Waals surface area contributed by atoms with Crippen molar-refractivity contribution in [3.8, 4) is 0 Å². The molecule has 3 rings (SSSR count).